The summed E-state index contributed by atoms with van der Waals surface area (Å²) in [7, 11) is 0. The highest BCUT2D eigenvalue weighted by atomic mass is 35.5. The zero-order chi connectivity index (χ0) is 12.3. The number of hydrogen-bond acceptors (Lipinski definition) is 3. The average molecular weight is 264 g/mol. The molecule has 4 heteroatoms. The van der Waals surface area contributed by atoms with Gasteiger partial charge in [0.25, 0.3) is 0 Å². The van der Waals surface area contributed by atoms with Crippen LogP contribution in [0.2, 0.25) is 5.02 Å². The third-order valence-electron chi connectivity index (χ3n) is 2.29. The lowest BCUT2D eigenvalue weighted by molar-refractivity contribution is 0.105. The number of benzene rings is 1. The van der Waals surface area contributed by atoms with E-state index in [2.05, 4.69) is 4.98 Å². The van der Waals surface area contributed by atoms with Gasteiger partial charge in [-0.2, -0.15) is 0 Å². The first kappa shape index (κ1) is 12.0. The minimum Gasteiger partial charge on any atom is -0.288 e. The van der Waals surface area contributed by atoms with Gasteiger partial charge in [-0.15, -0.1) is 11.3 Å². The van der Waals surface area contributed by atoms with Crippen LogP contribution in [0.5, 0.6) is 0 Å². The number of hydrogen-bond donors (Lipinski definition) is 0. The van der Waals surface area contributed by atoms with Gasteiger partial charge in [-0.25, -0.2) is 4.98 Å². The SMILES string of the molecule is Cc1ncsc1C(=O)/C=C/c1ccccc1Cl. The molecule has 0 aliphatic carbocycles. The van der Waals surface area contributed by atoms with Crippen LogP contribution in [0.15, 0.2) is 35.9 Å². The number of aryl methyl sites for hydroxylation is 1. The Bertz CT molecular complexity index is 574. The Hall–Kier alpha value is -1.45. The van der Waals surface area contributed by atoms with Crippen molar-refractivity contribution in [3.8, 4) is 0 Å². The van der Waals surface area contributed by atoms with Crippen LogP contribution in [0.4, 0.5) is 0 Å². The number of allylic oxidation sites excluding steroid dienone is 1. The molecule has 2 nitrogen and oxygen atoms in total. The molecule has 0 aliphatic rings. The molecule has 2 rings (SSSR count). The second kappa shape index (κ2) is 5.25. The maximum absolute atomic E-state index is 11.9. The molecule has 2 aromatic rings. The van der Waals surface area contributed by atoms with Gasteiger partial charge >= 0.3 is 0 Å². The monoisotopic (exact) mass is 263 g/mol. The molecular weight excluding hydrogens is 254 g/mol. The van der Waals surface area contributed by atoms with Crippen LogP contribution < -0.4 is 0 Å². The quantitative estimate of drug-likeness (QED) is 0.619. The Labute approximate surface area is 109 Å². The Morgan fingerprint density at radius 1 is 1.41 bits per heavy atom. The predicted octanol–water partition coefficient (Wildman–Crippen LogP) is 4.00. The van der Waals surface area contributed by atoms with E-state index in [1.54, 1.807) is 17.7 Å². The lowest BCUT2D eigenvalue weighted by Gasteiger charge is -1.96. The van der Waals surface area contributed by atoms with Gasteiger partial charge < -0.3 is 0 Å². The molecule has 0 spiro atoms. The third kappa shape index (κ3) is 2.81. The molecule has 0 bridgehead atoms. The maximum atomic E-state index is 11.9. The van der Waals surface area contributed by atoms with Gasteiger partial charge in [0, 0.05) is 5.02 Å². The van der Waals surface area contributed by atoms with Crippen LogP contribution in [-0.2, 0) is 0 Å². The van der Waals surface area contributed by atoms with E-state index in [4.69, 9.17) is 11.6 Å². The number of carbonyl (C=O) groups excluding carboxylic acids is 1. The van der Waals surface area contributed by atoms with E-state index < -0.39 is 0 Å². The van der Waals surface area contributed by atoms with Crippen molar-refractivity contribution >= 4 is 34.8 Å². The van der Waals surface area contributed by atoms with E-state index in [1.807, 2.05) is 25.1 Å². The Kier molecular flexibility index (Phi) is 3.71. The lowest BCUT2D eigenvalue weighted by atomic mass is 10.2. The highest BCUT2D eigenvalue weighted by Crippen LogP contribution is 2.18. The fourth-order valence-corrected chi connectivity index (χ4v) is 2.31. The van der Waals surface area contributed by atoms with Crippen molar-refractivity contribution < 1.29 is 4.79 Å². The molecule has 0 fully saturated rings. The van der Waals surface area contributed by atoms with E-state index in [0.29, 0.717) is 9.90 Å². The van der Waals surface area contributed by atoms with Crippen molar-refractivity contribution in [2.75, 3.05) is 0 Å². The van der Waals surface area contributed by atoms with Crippen LogP contribution in [0, 0.1) is 6.92 Å². The number of thiazole rings is 1. The summed E-state index contributed by atoms with van der Waals surface area (Å²) in [5.74, 6) is -0.0371. The molecular formula is C13H10ClNOS. The van der Waals surface area contributed by atoms with Crippen molar-refractivity contribution in [2.24, 2.45) is 0 Å². The second-order valence-corrected chi connectivity index (χ2v) is 4.75. The van der Waals surface area contributed by atoms with E-state index in [9.17, 15) is 4.79 Å². The minimum atomic E-state index is -0.0371. The number of halogens is 1. The van der Waals surface area contributed by atoms with Gasteiger partial charge in [0.15, 0.2) is 5.78 Å². The second-order valence-electron chi connectivity index (χ2n) is 3.49. The van der Waals surface area contributed by atoms with Crippen molar-refractivity contribution in [3.63, 3.8) is 0 Å². The van der Waals surface area contributed by atoms with Crippen LogP contribution in [0.1, 0.15) is 20.9 Å². The third-order valence-corrected chi connectivity index (χ3v) is 3.58. The predicted molar refractivity (Wildman–Crippen MR) is 71.7 cm³/mol. The molecule has 0 saturated carbocycles. The molecule has 0 saturated heterocycles. The summed E-state index contributed by atoms with van der Waals surface area (Å²) < 4.78 is 0. The first-order valence-corrected chi connectivity index (χ1v) is 6.31. The fraction of sp³-hybridized carbons (Fsp3) is 0.0769. The van der Waals surface area contributed by atoms with Gasteiger partial charge in [0.05, 0.1) is 16.1 Å². The molecule has 0 unspecified atom stereocenters. The zero-order valence-corrected chi connectivity index (χ0v) is 10.8. The van der Waals surface area contributed by atoms with Crippen molar-refractivity contribution in [1.82, 2.24) is 4.98 Å². The number of aromatic nitrogens is 1. The van der Waals surface area contributed by atoms with Gasteiger partial charge in [0.1, 0.15) is 0 Å². The Morgan fingerprint density at radius 3 is 2.82 bits per heavy atom. The number of ketones is 1. The topological polar surface area (TPSA) is 30.0 Å². The summed E-state index contributed by atoms with van der Waals surface area (Å²) in [6.45, 7) is 1.83. The molecule has 1 aromatic heterocycles. The molecule has 0 amide bonds. The molecule has 0 radical (unpaired) electrons. The Morgan fingerprint density at radius 2 is 2.18 bits per heavy atom. The number of rotatable bonds is 3. The van der Waals surface area contributed by atoms with Gasteiger partial charge in [-0.3, -0.25) is 4.79 Å². The first-order chi connectivity index (χ1) is 8.18. The van der Waals surface area contributed by atoms with Crippen molar-refractivity contribution in [2.45, 2.75) is 6.92 Å². The maximum Gasteiger partial charge on any atom is 0.197 e. The highest BCUT2D eigenvalue weighted by molar-refractivity contribution is 7.12. The van der Waals surface area contributed by atoms with Crippen LogP contribution in [-0.4, -0.2) is 10.8 Å². The molecule has 0 atom stereocenters. The van der Waals surface area contributed by atoms with E-state index >= 15 is 0 Å². The molecule has 1 aromatic carbocycles. The fourth-order valence-electron chi connectivity index (χ4n) is 1.39. The summed E-state index contributed by atoms with van der Waals surface area (Å²) in [5.41, 5.74) is 3.28. The lowest BCUT2D eigenvalue weighted by Crippen LogP contribution is -1.93. The highest BCUT2D eigenvalue weighted by Gasteiger charge is 2.08. The van der Waals surface area contributed by atoms with Crippen LogP contribution >= 0.6 is 22.9 Å². The summed E-state index contributed by atoms with van der Waals surface area (Å²) in [5, 5.41) is 0.637. The zero-order valence-electron chi connectivity index (χ0n) is 9.18. The smallest absolute Gasteiger partial charge is 0.197 e. The van der Waals surface area contributed by atoms with Crippen molar-refractivity contribution in [3.05, 3.63) is 57.0 Å². The van der Waals surface area contributed by atoms with Crippen molar-refractivity contribution in [1.29, 1.82) is 0 Å². The molecule has 1 heterocycles. The van der Waals surface area contributed by atoms with E-state index in [-0.39, 0.29) is 5.78 Å². The number of carbonyl (C=O) groups is 1. The molecule has 0 aliphatic heterocycles. The van der Waals surface area contributed by atoms with E-state index in [1.165, 1.54) is 17.4 Å². The number of nitrogens with zero attached hydrogens (tertiary/aromatic N) is 1. The van der Waals surface area contributed by atoms with Gasteiger partial charge in [-0.1, -0.05) is 29.8 Å². The van der Waals surface area contributed by atoms with Crippen LogP contribution in [0.3, 0.4) is 0 Å². The Balaban J connectivity index is 2.20. The summed E-state index contributed by atoms with van der Waals surface area (Å²) in [6.07, 6.45) is 3.26. The molecule has 17 heavy (non-hydrogen) atoms. The van der Waals surface area contributed by atoms with Crippen LogP contribution in [0.25, 0.3) is 6.08 Å². The normalized spacial score (nSPS) is 10.9. The van der Waals surface area contributed by atoms with Gasteiger partial charge in [-0.05, 0) is 30.7 Å². The molecule has 86 valence electrons. The average Bonchev–Trinajstić information content (AvgIpc) is 2.74. The molecule has 0 N–H and O–H groups in total. The summed E-state index contributed by atoms with van der Waals surface area (Å²) >= 11 is 7.34. The largest absolute Gasteiger partial charge is 0.288 e. The first-order valence-electron chi connectivity index (χ1n) is 5.05. The van der Waals surface area contributed by atoms with Gasteiger partial charge in [0.2, 0.25) is 0 Å². The summed E-state index contributed by atoms with van der Waals surface area (Å²) in [4.78, 5) is 16.6. The standard InChI is InChI=1S/C13H10ClNOS/c1-9-13(17-8-15-9)12(16)7-6-10-4-2-3-5-11(10)14/h2-8H,1H3/b7-6+. The minimum absolute atomic E-state index is 0.0371. The summed E-state index contributed by atoms with van der Waals surface area (Å²) in [6, 6.07) is 7.40. The van der Waals surface area contributed by atoms with E-state index in [0.717, 1.165) is 11.3 Å².